The summed E-state index contributed by atoms with van der Waals surface area (Å²) in [7, 11) is 0. The highest BCUT2D eigenvalue weighted by atomic mass is 16.2. The molecule has 2 amide bonds. The highest BCUT2D eigenvalue weighted by molar-refractivity contribution is 5.74. The van der Waals surface area contributed by atoms with Crippen LogP contribution in [0.4, 0.5) is 4.79 Å². The minimum atomic E-state index is 0.178. The van der Waals surface area contributed by atoms with Crippen molar-refractivity contribution in [1.82, 2.24) is 15.5 Å². The van der Waals surface area contributed by atoms with Gasteiger partial charge in [-0.25, -0.2) is 4.79 Å². The molecule has 3 atom stereocenters. The molecule has 0 aromatic heterocycles. The molecule has 3 aliphatic rings. The van der Waals surface area contributed by atoms with Crippen LogP contribution in [0.25, 0.3) is 0 Å². The number of rotatable bonds is 1. The molecular weight excluding hydrogens is 238 g/mol. The summed E-state index contributed by atoms with van der Waals surface area (Å²) in [6, 6.07) is 0.624. The van der Waals surface area contributed by atoms with Gasteiger partial charge in [0.05, 0.1) is 0 Å². The van der Waals surface area contributed by atoms with Gasteiger partial charge in [-0.3, -0.25) is 0 Å². The van der Waals surface area contributed by atoms with Crippen molar-refractivity contribution in [2.24, 2.45) is 11.8 Å². The van der Waals surface area contributed by atoms with Crippen LogP contribution >= 0.6 is 0 Å². The summed E-state index contributed by atoms with van der Waals surface area (Å²) >= 11 is 0. The van der Waals surface area contributed by atoms with E-state index in [2.05, 4.69) is 10.6 Å². The zero-order valence-corrected chi connectivity index (χ0v) is 11.9. The van der Waals surface area contributed by atoms with E-state index in [0.717, 1.165) is 38.0 Å². The number of nitrogens with zero attached hydrogens (tertiary/aromatic N) is 1. The van der Waals surface area contributed by atoms with E-state index in [1.807, 2.05) is 4.90 Å². The summed E-state index contributed by atoms with van der Waals surface area (Å²) in [6.45, 7) is 3.58. The summed E-state index contributed by atoms with van der Waals surface area (Å²) in [5.41, 5.74) is 0. The third-order valence-corrected chi connectivity index (χ3v) is 5.29. The van der Waals surface area contributed by atoms with E-state index in [4.69, 9.17) is 0 Å². The van der Waals surface area contributed by atoms with E-state index in [0.29, 0.717) is 6.04 Å². The van der Waals surface area contributed by atoms with Crippen molar-refractivity contribution in [3.63, 3.8) is 0 Å². The number of carbonyl (C=O) groups is 1. The van der Waals surface area contributed by atoms with Gasteiger partial charge in [-0.2, -0.15) is 0 Å². The Balaban J connectivity index is 1.56. The Morgan fingerprint density at radius 3 is 2.58 bits per heavy atom. The first-order valence-corrected chi connectivity index (χ1v) is 8.11. The Labute approximate surface area is 116 Å². The number of nitrogens with one attached hydrogen (secondary N) is 2. The van der Waals surface area contributed by atoms with Crippen LogP contribution in [0.2, 0.25) is 0 Å². The second-order valence-corrected chi connectivity index (χ2v) is 6.43. The minimum absolute atomic E-state index is 0.178. The van der Waals surface area contributed by atoms with Crippen molar-refractivity contribution in [3.8, 4) is 0 Å². The Morgan fingerprint density at radius 2 is 1.74 bits per heavy atom. The van der Waals surface area contributed by atoms with Crippen LogP contribution < -0.4 is 10.6 Å². The molecule has 2 saturated carbocycles. The van der Waals surface area contributed by atoms with Gasteiger partial charge in [0.15, 0.2) is 0 Å². The smallest absolute Gasteiger partial charge is 0.317 e. The zero-order valence-electron chi connectivity index (χ0n) is 11.9. The Morgan fingerprint density at radius 1 is 1.00 bits per heavy atom. The molecule has 2 aliphatic carbocycles. The fourth-order valence-corrected chi connectivity index (χ4v) is 4.24. The first-order valence-electron chi connectivity index (χ1n) is 8.11. The van der Waals surface area contributed by atoms with Crippen LogP contribution in [0.3, 0.4) is 0 Å². The van der Waals surface area contributed by atoms with Crippen LogP contribution in [-0.4, -0.2) is 43.2 Å². The lowest BCUT2D eigenvalue weighted by Gasteiger charge is -2.42. The summed E-state index contributed by atoms with van der Waals surface area (Å²) in [6.07, 6.45) is 9.37. The number of fused-ring (bicyclic) bond motifs is 1. The van der Waals surface area contributed by atoms with E-state index >= 15 is 0 Å². The fraction of sp³-hybridized carbons (Fsp3) is 0.933. The van der Waals surface area contributed by atoms with Gasteiger partial charge in [-0.15, -0.1) is 0 Å². The average Bonchev–Trinajstić information content (AvgIpc) is 2.48. The van der Waals surface area contributed by atoms with E-state index in [9.17, 15) is 4.79 Å². The van der Waals surface area contributed by atoms with Gasteiger partial charge < -0.3 is 15.5 Å². The lowest BCUT2D eigenvalue weighted by Crippen LogP contribution is -2.55. The largest absolute Gasteiger partial charge is 0.335 e. The van der Waals surface area contributed by atoms with Crippen LogP contribution in [0, 0.1) is 11.8 Å². The zero-order chi connectivity index (χ0) is 13.1. The molecular formula is C15H27N3O. The van der Waals surface area contributed by atoms with Crippen LogP contribution in [0.1, 0.15) is 44.9 Å². The predicted octanol–water partition coefficient (Wildman–Crippen LogP) is 1.96. The second kappa shape index (κ2) is 6.12. The van der Waals surface area contributed by atoms with Crippen molar-refractivity contribution < 1.29 is 4.79 Å². The van der Waals surface area contributed by atoms with Gasteiger partial charge in [0, 0.05) is 32.2 Å². The molecule has 19 heavy (non-hydrogen) atoms. The Bertz CT molecular complexity index is 313. The fourth-order valence-electron chi connectivity index (χ4n) is 4.24. The molecule has 4 heteroatoms. The van der Waals surface area contributed by atoms with Crippen LogP contribution in [0.5, 0.6) is 0 Å². The standard InChI is InChI=1S/C15H27N3O/c19-15(18-10-8-16-9-11-18)17-14-7-3-5-12-4-1-2-6-13(12)14/h12-14,16H,1-11H2,(H,17,19)/t12-,13?,14?/m0/s1. The second-order valence-electron chi connectivity index (χ2n) is 6.43. The van der Waals surface area contributed by atoms with Gasteiger partial charge in [-0.05, 0) is 24.7 Å². The molecule has 2 unspecified atom stereocenters. The molecule has 1 aliphatic heterocycles. The molecule has 1 heterocycles. The predicted molar refractivity (Wildman–Crippen MR) is 76.1 cm³/mol. The number of piperazine rings is 1. The van der Waals surface area contributed by atoms with Gasteiger partial charge >= 0.3 is 6.03 Å². The van der Waals surface area contributed by atoms with Crippen LogP contribution in [-0.2, 0) is 0 Å². The third-order valence-electron chi connectivity index (χ3n) is 5.29. The van der Waals surface area contributed by atoms with E-state index < -0.39 is 0 Å². The number of hydrogen-bond donors (Lipinski definition) is 2. The quantitative estimate of drug-likeness (QED) is 0.761. The summed E-state index contributed by atoms with van der Waals surface area (Å²) < 4.78 is 0. The van der Waals surface area contributed by atoms with Crippen molar-refractivity contribution in [2.75, 3.05) is 26.2 Å². The van der Waals surface area contributed by atoms with Crippen molar-refractivity contribution >= 4 is 6.03 Å². The number of carbonyl (C=O) groups excluding carboxylic acids is 1. The number of amides is 2. The summed E-state index contributed by atoms with van der Waals surface area (Å²) in [5.74, 6) is 1.64. The van der Waals surface area contributed by atoms with Gasteiger partial charge in [0.2, 0.25) is 0 Å². The maximum atomic E-state index is 12.3. The highest BCUT2D eigenvalue weighted by Gasteiger charge is 2.36. The lowest BCUT2D eigenvalue weighted by atomic mass is 9.68. The van der Waals surface area contributed by atoms with E-state index in [1.165, 1.54) is 44.9 Å². The molecule has 4 nitrogen and oxygen atoms in total. The molecule has 3 fully saturated rings. The topological polar surface area (TPSA) is 44.4 Å². The highest BCUT2D eigenvalue weighted by Crippen LogP contribution is 2.40. The third kappa shape index (κ3) is 3.04. The first kappa shape index (κ1) is 13.2. The molecule has 0 aromatic carbocycles. The maximum absolute atomic E-state index is 12.3. The molecule has 0 aromatic rings. The lowest BCUT2D eigenvalue weighted by molar-refractivity contribution is 0.119. The van der Waals surface area contributed by atoms with E-state index in [-0.39, 0.29) is 6.03 Å². The van der Waals surface area contributed by atoms with Gasteiger partial charge in [-0.1, -0.05) is 32.1 Å². The first-order chi connectivity index (χ1) is 9.34. The van der Waals surface area contributed by atoms with Crippen molar-refractivity contribution in [3.05, 3.63) is 0 Å². The van der Waals surface area contributed by atoms with Crippen LogP contribution in [0.15, 0.2) is 0 Å². The summed E-state index contributed by atoms with van der Waals surface area (Å²) in [5, 5.41) is 6.64. The molecule has 1 saturated heterocycles. The monoisotopic (exact) mass is 265 g/mol. The maximum Gasteiger partial charge on any atom is 0.317 e. The normalized spacial score (nSPS) is 35.6. The minimum Gasteiger partial charge on any atom is -0.335 e. The Kier molecular flexibility index (Phi) is 4.26. The van der Waals surface area contributed by atoms with Gasteiger partial charge in [0.1, 0.15) is 0 Å². The number of hydrogen-bond acceptors (Lipinski definition) is 2. The van der Waals surface area contributed by atoms with E-state index in [1.54, 1.807) is 0 Å². The number of urea groups is 1. The molecule has 3 rings (SSSR count). The summed E-state index contributed by atoms with van der Waals surface area (Å²) in [4.78, 5) is 14.3. The van der Waals surface area contributed by atoms with Gasteiger partial charge in [0.25, 0.3) is 0 Å². The molecule has 2 N–H and O–H groups in total. The Hall–Kier alpha value is -0.770. The average molecular weight is 265 g/mol. The molecule has 0 radical (unpaired) electrons. The molecule has 0 bridgehead atoms. The van der Waals surface area contributed by atoms with Crippen molar-refractivity contribution in [1.29, 1.82) is 0 Å². The van der Waals surface area contributed by atoms with Crippen molar-refractivity contribution in [2.45, 2.75) is 51.0 Å². The molecule has 108 valence electrons. The molecule has 0 spiro atoms. The SMILES string of the molecule is O=C(NC1CCC[C@@H]2CCCCC12)N1CCNCC1.